The van der Waals surface area contributed by atoms with E-state index < -0.39 is 0 Å². The second-order valence-electron chi connectivity index (χ2n) is 6.16. The predicted molar refractivity (Wildman–Crippen MR) is 110 cm³/mol. The largest absolute Gasteiger partial charge is 0.354 e. The zero-order valence-corrected chi connectivity index (χ0v) is 16.0. The molecule has 0 unspecified atom stereocenters. The van der Waals surface area contributed by atoms with Crippen LogP contribution in [0.5, 0.6) is 0 Å². The van der Waals surface area contributed by atoms with Crippen molar-refractivity contribution >= 4 is 23.1 Å². The third-order valence-electron chi connectivity index (χ3n) is 4.14. The van der Waals surface area contributed by atoms with Crippen LogP contribution in [0.4, 0.5) is 10.5 Å². The van der Waals surface area contributed by atoms with Gasteiger partial charge in [0.2, 0.25) is 0 Å². The topological polar surface area (TPSA) is 80.0 Å². The summed E-state index contributed by atoms with van der Waals surface area (Å²) in [5.41, 5.74) is 3.91. The highest BCUT2D eigenvalue weighted by atomic mass is 32.1. The smallest absolute Gasteiger partial charge is 0.319 e. The average molecular weight is 390 g/mol. The summed E-state index contributed by atoms with van der Waals surface area (Å²) in [6.07, 6.45) is 0. The summed E-state index contributed by atoms with van der Waals surface area (Å²) < 4.78 is 5.39. The Labute approximate surface area is 166 Å². The van der Waals surface area contributed by atoms with E-state index in [0.717, 1.165) is 21.8 Å². The van der Waals surface area contributed by atoms with Crippen LogP contribution in [0.3, 0.4) is 0 Å². The maximum Gasteiger partial charge on any atom is 0.319 e. The normalized spacial score (nSPS) is 10.6. The molecular formula is C21H18N4O2S. The molecule has 0 saturated heterocycles. The van der Waals surface area contributed by atoms with E-state index in [9.17, 15) is 4.79 Å². The van der Waals surface area contributed by atoms with Crippen LogP contribution in [-0.4, -0.2) is 16.2 Å². The van der Waals surface area contributed by atoms with E-state index in [-0.39, 0.29) is 6.03 Å². The van der Waals surface area contributed by atoms with E-state index in [4.69, 9.17) is 4.52 Å². The monoisotopic (exact) mass is 390 g/mol. The molecule has 0 aliphatic rings. The van der Waals surface area contributed by atoms with Gasteiger partial charge in [-0.2, -0.15) is 0 Å². The minimum atomic E-state index is -0.335. The number of aromatic nitrogens is 2. The van der Waals surface area contributed by atoms with Gasteiger partial charge in [0.25, 0.3) is 0 Å². The molecule has 0 aliphatic heterocycles. The van der Waals surface area contributed by atoms with Gasteiger partial charge in [-0.1, -0.05) is 65.8 Å². The predicted octanol–water partition coefficient (Wildman–Crippen LogP) is 5.10. The molecule has 140 valence electrons. The summed E-state index contributed by atoms with van der Waals surface area (Å²) in [6, 6.07) is 19.2. The maximum absolute atomic E-state index is 12.4. The Morgan fingerprint density at radius 1 is 1.04 bits per heavy atom. The Hall–Kier alpha value is -3.45. The van der Waals surface area contributed by atoms with Crippen molar-refractivity contribution in [2.24, 2.45) is 0 Å². The van der Waals surface area contributed by atoms with Crippen molar-refractivity contribution in [1.29, 1.82) is 0 Å². The standard InChI is InChI=1S/C21H18N4O2S/c1-14-18(19(27-25-14)15-8-4-2-5-9-15)24-21(26)22-12-17-13-28-20(23-17)16-10-6-3-7-11-16/h2-11,13H,12H2,1H3,(H2,22,24,26). The van der Waals surface area contributed by atoms with E-state index in [0.29, 0.717) is 23.7 Å². The number of benzene rings is 2. The fraction of sp³-hybridized carbons (Fsp3) is 0.0952. The first kappa shape index (κ1) is 17.9. The molecule has 0 aliphatic carbocycles. The van der Waals surface area contributed by atoms with Crippen LogP contribution in [-0.2, 0) is 6.54 Å². The minimum absolute atomic E-state index is 0.333. The van der Waals surface area contributed by atoms with E-state index in [2.05, 4.69) is 20.8 Å². The number of amides is 2. The number of aryl methyl sites for hydroxylation is 1. The number of thiazole rings is 1. The van der Waals surface area contributed by atoms with E-state index in [1.165, 1.54) is 0 Å². The first-order valence-electron chi connectivity index (χ1n) is 8.77. The highest BCUT2D eigenvalue weighted by molar-refractivity contribution is 7.13. The number of hydrogen-bond donors (Lipinski definition) is 2. The lowest BCUT2D eigenvalue weighted by molar-refractivity contribution is 0.251. The highest BCUT2D eigenvalue weighted by Crippen LogP contribution is 2.30. The summed E-state index contributed by atoms with van der Waals surface area (Å²) in [6.45, 7) is 2.12. The first-order chi connectivity index (χ1) is 13.7. The molecule has 0 spiro atoms. The Kier molecular flexibility index (Phi) is 5.16. The van der Waals surface area contributed by atoms with Crippen LogP contribution in [0, 0.1) is 6.92 Å². The Morgan fingerprint density at radius 3 is 2.43 bits per heavy atom. The van der Waals surface area contributed by atoms with Crippen LogP contribution in [0.2, 0.25) is 0 Å². The molecule has 0 saturated carbocycles. The van der Waals surface area contributed by atoms with Crippen molar-refractivity contribution < 1.29 is 9.32 Å². The number of hydrogen-bond acceptors (Lipinski definition) is 5. The molecule has 4 rings (SSSR count). The van der Waals surface area contributed by atoms with Gasteiger partial charge in [-0.3, -0.25) is 0 Å². The Morgan fingerprint density at radius 2 is 1.71 bits per heavy atom. The zero-order chi connectivity index (χ0) is 19.3. The molecule has 0 atom stereocenters. The lowest BCUT2D eigenvalue weighted by Gasteiger charge is -2.07. The Bertz CT molecular complexity index is 1070. The van der Waals surface area contributed by atoms with Crippen molar-refractivity contribution in [1.82, 2.24) is 15.5 Å². The summed E-state index contributed by atoms with van der Waals surface area (Å²) in [5.74, 6) is 0.535. The van der Waals surface area contributed by atoms with Crippen LogP contribution >= 0.6 is 11.3 Å². The maximum atomic E-state index is 12.4. The lowest BCUT2D eigenvalue weighted by Crippen LogP contribution is -2.28. The van der Waals surface area contributed by atoms with E-state index >= 15 is 0 Å². The van der Waals surface area contributed by atoms with Gasteiger partial charge >= 0.3 is 6.03 Å². The van der Waals surface area contributed by atoms with Crippen LogP contribution in [0.1, 0.15) is 11.4 Å². The molecule has 0 fully saturated rings. The second-order valence-corrected chi connectivity index (χ2v) is 7.01. The zero-order valence-electron chi connectivity index (χ0n) is 15.2. The van der Waals surface area contributed by atoms with Gasteiger partial charge in [0.1, 0.15) is 16.4 Å². The number of urea groups is 1. The molecule has 2 aromatic heterocycles. The average Bonchev–Trinajstić information content (AvgIpc) is 3.35. The second kappa shape index (κ2) is 8.06. The molecule has 2 N–H and O–H groups in total. The van der Waals surface area contributed by atoms with Gasteiger partial charge in [0, 0.05) is 16.5 Å². The molecule has 2 aromatic carbocycles. The van der Waals surface area contributed by atoms with Crippen LogP contribution < -0.4 is 10.6 Å². The van der Waals surface area contributed by atoms with Gasteiger partial charge in [0.15, 0.2) is 5.76 Å². The third-order valence-corrected chi connectivity index (χ3v) is 5.08. The van der Waals surface area contributed by atoms with Crippen molar-refractivity contribution in [2.75, 3.05) is 5.32 Å². The number of nitrogens with zero attached hydrogens (tertiary/aromatic N) is 2. The highest BCUT2D eigenvalue weighted by Gasteiger charge is 2.17. The van der Waals surface area contributed by atoms with Crippen molar-refractivity contribution in [2.45, 2.75) is 13.5 Å². The number of rotatable bonds is 5. The van der Waals surface area contributed by atoms with Gasteiger partial charge in [0.05, 0.1) is 12.2 Å². The lowest BCUT2D eigenvalue weighted by atomic mass is 10.1. The van der Waals surface area contributed by atoms with Gasteiger partial charge in [-0.25, -0.2) is 9.78 Å². The van der Waals surface area contributed by atoms with Gasteiger partial charge in [-0.05, 0) is 6.92 Å². The molecular weight excluding hydrogens is 372 g/mol. The van der Waals surface area contributed by atoms with Gasteiger partial charge < -0.3 is 15.2 Å². The van der Waals surface area contributed by atoms with Crippen LogP contribution in [0.15, 0.2) is 70.6 Å². The SMILES string of the molecule is Cc1noc(-c2ccccc2)c1NC(=O)NCc1csc(-c2ccccc2)n1. The Balaban J connectivity index is 1.41. The molecule has 0 radical (unpaired) electrons. The number of carbonyl (C=O) groups excluding carboxylic acids is 1. The third kappa shape index (κ3) is 3.94. The molecule has 6 nitrogen and oxygen atoms in total. The van der Waals surface area contributed by atoms with Crippen molar-refractivity contribution in [3.63, 3.8) is 0 Å². The fourth-order valence-electron chi connectivity index (χ4n) is 2.73. The number of carbonyl (C=O) groups is 1. The van der Waals surface area contributed by atoms with Gasteiger partial charge in [-0.15, -0.1) is 11.3 Å². The summed E-state index contributed by atoms with van der Waals surface area (Å²) in [5, 5.41) is 12.5. The molecule has 4 aromatic rings. The fourth-order valence-corrected chi connectivity index (χ4v) is 3.56. The number of anilines is 1. The molecule has 0 bridgehead atoms. The number of nitrogens with one attached hydrogen (secondary N) is 2. The molecule has 2 heterocycles. The summed E-state index contributed by atoms with van der Waals surface area (Å²) in [4.78, 5) is 17.0. The van der Waals surface area contributed by atoms with E-state index in [1.54, 1.807) is 18.3 Å². The minimum Gasteiger partial charge on any atom is -0.354 e. The molecule has 7 heteroatoms. The molecule has 28 heavy (non-hydrogen) atoms. The van der Waals surface area contributed by atoms with Crippen molar-refractivity contribution in [3.05, 3.63) is 77.4 Å². The van der Waals surface area contributed by atoms with E-state index in [1.807, 2.05) is 66.0 Å². The first-order valence-corrected chi connectivity index (χ1v) is 9.65. The molecule has 2 amide bonds. The summed E-state index contributed by atoms with van der Waals surface area (Å²) >= 11 is 1.55. The van der Waals surface area contributed by atoms with Crippen LogP contribution in [0.25, 0.3) is 21.9 Å². The quantitative estimate of drug-likeness (QED) is 0.497. The summed E-state index contributed by atoms with van der Waals surface area (Å²) in [7, 11) is 0. The van der Waals surface area contributed by atoms with Crippen molar-refractivity contribution in [3.8, 4) is 21.9 Å².